The molecule has 0 amide bonds. The van der Waals surface area contributed by atoms with Crippen LogP contribution in [0.1, 0.15) is 27.2 Å². The zero-order chi connectivity index (χ0) is 12.5. The largest absolute Gasteiger partial charge is 0.488 e. The fraction of sp³-hybridized carbons (Fsp3) is 0.615. The van der Waals surface area contributed by atoms with Gasteiger partial charge in [-0.05, 0) is 32.0 Å². The van der Waals surface area contributed by atoms with Crippen molar-refractivity contribution in [1.82, 2.24) is 10.3 Å². The third kappa shape index (κ3) is 5.54. The SMILES string of the molecule is CCOc1cccnc1OCCCNC(C)C. The number of nitrogens with zero attached hydrogens (tertiary/aromatic N) is 1. The van der Waals surface area contributed by atoms with Crippen molar-refractivity contribution in [2.45, 2.75) is 33.2 Å². The fourth-order valence-electron chi connectivity index (χ4n) is 1.38. The summed E-state index contributed by atoms with van der Waals surface area (Å²) in [4.78, 5) is 4.16. The molecule has 96 valence electrons. The first-order valence-corrected chi connectivity index (χ1v) is 6.18. The van der Waals surface area contributed by atoms with Gasteiger partial charge in [0.2, 0.25) is 0 Å². The second kappa shape index (κ2) is 7.90. The maximum atomic E-state index is 5.60. The Kier molecular flexibility index (Phi) is 6.40. The molecule has 1 N–H and O–H groups in total. The van der Waals surface area contributed by atoms with Crippen molar-refractivity contribution in [3.05, 3.63) is 18.3 Å². The Morgan fingerprint density at radius 1 is 1.35 bits per heavy atom. The average molecular weight is 238 g/mol. The van der Waals surface area contributed by atoms with E-state index in [9.17, 15) is 0 Å². The highest BCUT2D eigenvalue weighted by Crippen LogP contribution is 2.23. The van der Waals surface area contributed by atoms with Gasteiger partial charge in [0.15, 0.2) is 5.75 Å². The number of hydrogen-bond acceptors (Lipinski definition) is 4. The van der Waals surface area contributed by atoms with Crippen LogP contribution in [0.3, 0.4) is 0 Å². The lowest BCUT2D eigenvalue weighted by molar-refractivity contribution is 0.261. The predicted octanol–water partition coefficient (Wildman–Crippen LogP) is 2.25. The summed E-state index contributed by atoms with van der Waals surface area (Å²) in [7, 11) is 0. The van der Waals surface area contributed by atoms with Crippen LogP contribution >= 0.6 is 0 Å². The second-order valence-electron chi connectivity index (χ2n) is 4.05. The molecule has 0 aromatic carbocycles. The molecule has 4 nitrogen and oxygen atoms in total. The van der Waals surface area contributed by atoms with Crippen LogP contribution in [0, 0.1) is 0 Å². The second-order valence-corrected chi connectivity index (χ2v) is 4.05. The first kappa shape index (κ1) is 13.8. The zero-order valence-corrected chi connectivity index (χ0v) is 10.9. The van der Waals surface area contributed by atoms with Crippen LogP contribution in [0.4, 0.5) is 0 Å². The Bertz CT molecular complexity index is 316. The minimum absolute atomic E-state index is 0.517. The molecule has 0 bridgehead atoms. The smallest absolute Gasteiger partial charge is 0.256 e. The van der Waals surface area contributed by atoms with Crippen molar-refractivity contribution in [3.8, 4) is 11.6 Å². The van der Waals surface area contributed by atoms with E-state index < -0.39 is 0 Å². The van der Waals surface area contributed by atoms with Gasteiger partial charge in [0, 0.05) is 12.2 Å². The number of ether oxygens (including phenoxy) is 2. The van der Waals surface area contributed by atoms with Gasteiger partial charge in [0.1, 0.15) is 0 Å². The minimum Gasteiger partial charge on any atom is -0.488 e. The van der Waals surface area contributed by atoms with Crippen molar-refractivity contribution < 1.29 is 9.47 Å². The molecular weight excluding hydrogens is 216 g/mol. The molecule has 1 aromatic heterocycles. The van der Waals surface area contributed by atoms with E-state index in [1.807, 2.05) is 19.1 Å². The van der Waals surface area contributed by atoms with Gasteiger partial charge in [-0.25, -0.2) is 4.98 Å². The quantitative estimate of drug-likeness (QED) is 0.705. The van der Waals surface area contributed by atoms with Crippen LogP contribution in [0.25, 0.3) is 0 Å². The van der Waals surface area contributed by atoms with Gasteiger partial charge in [-0.1, -0.05) is 13.8 Å². The third-order valence-electron chi connectivity index (χ3n) is 2.15. The van der Waals surface area contributed by atoms with E-state index in [-0.39, 0.29) is 0 Å². The van der Waals surface area contributed by atoms with Crippen LogP contribution in [0.5, 0.6) is 11.6 Å². The molecule has 0 saturated heterocycles. The lowest BCUT2D eigenvalue weighted by Crippen LogP contribution is -2.24. The van der Waals surface area contributed by atoms with Crippen LogP contribution in [-0.2, 0) is 0 Å². The molecular formula is C13H22N2O2. The molecule has 0 aliphatic heterocycles. The summed E-state index contributed by atoms with van der Waals surface area (Å²) in [5.74, 6) is 1.30. The Hall–Kier alpha value is -1.29. The van der Waals surface area contributed by atoms with Gasteiger partial charge < -0.3 is 14.8 Å². The third-order valence-corrected chi connectivity index (χ3v) is 2.15. The van der Waals surface area contributed by atoms with Crippen molar-refractivity contribution in [2.24, 2.45) is 0 Å². The van der Waals surface area contributed by atoms with Crippen LogP contribution < -0.4 is 14.8 Å². The molecule has 0 aliphatic rings. The molecule has 0 aliphatic carbocycles. The number of hydrogen-bond donors (Lipinski definition) is 1. The standard InChI is InChI=1S/C13H22N2O2/c1-4-16-12-7-5-8-15-13(12)17-10-6-9-14-11(2)3/h5,7-8,11,14H,4,6,9-10H2,1-3H3. The molecule has 0 atom stereocenters. The topological polar surface area (TPSA) is 43.4 Å². The van der Waals surface area contributed by atoms with Crippen LogP contribution in [0.2, 0.25) is 0 Å². The predicted molar refractivity (Wildman–Crippen MR) is 68.7 cm³/mol. The Morgan fingerprint density at radius 2 is 2.18 bits per heavy atom. The van der Waals surface area contributed by atoms with Gasteiger partial charge in [-0.2, -0.15) is 0 Å². The Balaban J connectivity index is 2.30. The minimum atomic E-state index is 0.517. The van der Waals surface area contributed by atoms with Crippen molar-refractivity contribution >= 4 is 0 Å². The Labute approximate surface area is 103 Å². The molecule has 0 spiro atoms. The summed E-state index contributed by atoms with van der Waals surface area (Å²) in [5.41, 5.74) is 0. The van der Waals surface area contributed by atoms with E-state index in [4.69, 9.17) is 9.47 Å². The van der Waals surface area contributed by atoms with Gasteiger partial charge in [0.05, 0.1) is 13.2 Å². The summed E-state index contributed by atoms with van der Waals surface area (Å²) in [6.07, 6.45) is 2.67. The highest BCUT2D eigenvalue weighted by molar-refractivity contribution is 5.32. The van der Waals surface area contributed by atoms with Crippen LogP contribution in [-0.4, -0.2) is 30.8 Å². The van der Waals surface area contributed by atoms with E-state index in [0.29, 0.717) is 30.9 Å². The summed E-state index contributed by atoms with van der Waals surface area (Å²) >= 11 is 0. The normalized spacial score (nSPS) is 10.6. The molecule has 0 saturated carbocycles. The van der Waals surface area contributed by atoms with Crippen molar-refractivity contribution in [3.63, 3.8) is 0 Å². The van der Waals surface area contributed by atoms with Gasteiger partial charge >= 0.3 is 0 Å². The summed E-state index contributed by atoms with van der Waals surface area (Å²) in [6, 6.07) is 4.24. The maximum Gasteiger partial charge on any atom is 0.256 e. The van der Waals surface area contributed by atoms with E-state index in [1.54, 1.807) is 6.20 Å². The van der Waals surface area contributed by atoms with E-state index in [1.165, 1.54) is 0 Å². The van der Waals surface area contributed by atoms with Crippen molar-refractivity contribution in [1.29, 1.82) is 0 Å². The average Bonchev–Trinajstić information content (AvgIpc) is 2.31. The summed E-state index contributed by atoms with van der Waals surface area (Å²) in [5, 5.41) is 3.34. The fourth-order valence-corrected chi connectivity index (χ4v) is 1.38. The van der Waals surface area contributed by atoms with Gasteiger partial charge in [-0.3, -0.25) is 0 Å². The molecule has 1 aromatic rings. The first-order valence-electron chi connectivity index (χ1n) is 6.18. The highest BCUT2D eigenvalue weighted by Gasteiger charge is 2.04. The molecule has 0 fully saturated rings. The molecule has 1 rings (SSSR count). The number of rotatable bonds is 8. The highest BCUT2D eigenvalue weighted by atomic mass is 16.5. The van der Waals surface area contributed by atoms with Gasteiger partial charge in [-0.15, -0.1) is 0 Å². The van der Waals surface area contributed by atoms with Crippen LogP contribution in [0.15, 0.2) is 18.3 Å². The number of aromatic nitrogens is 1. The Morgan fingerprint density at radius 3 is 2.88 bits per heavy atom. The molecule has 0 radical (unpaired) electrons. The number of pyridine rings is 1. The molecule has 17 heavy (non-hydrogen) atoms. The van der Waals surface area contributed by atoms with E-state index in [0.717, 1.165) is 13.0 Å². The molecule has 4 heteroatoms. The lowest BCUT2D eigenvalue weighted by atomic mass is 10.3. The summed E-state index contributed by atoms with van der Waals surface area (Å²) in [6.45, 7) is 8.44. The van der Waals surface area contributed by atoms with E-state index >= 15 is 0 Å². The maximum absolute atomic E-state index is 5.60. The first-order chi connectivity index (χ1) is 8.24. The van der Waals surface area contributed by atoms with Gasteiger partial charge in [0.25, 0.3) is 5.88 Å². The summed E-state index contributed by atoms with van der Waals surface area (Å²) < 4.78 is 11.0. The number of nitrogens with one attached hydrogen (secondary N) is 1. The van der Waals surface area contributed by atoms with E-state index in [2.05, 4.69) is 24.1 Å². The lowest BCUT2D eigenvalue weighted by Gasteiger charge is -2.11. The molecule has 1 heterocycles. The van der Waals surface area contributed by atoms with Crippen molar-refractivity contribution in [2.75, 3.05) is 19.8 Å². The molecule has 0 unspecified atom stereocenters. The zero-order valence-electron chi connectivity index (χ0n) is 10.9. The monoisotopic (exact) mass is 238 g/mol.